The molecule has 2 heterocycles. The molecule has 3 aromatic rings. The van der Waals surface area contributed by atoms with E-state index in [1.54, 1.807) is 6.07 Å². The second-order valence-electron chi connectivity index (χ2n) is 8.49. The Labute approximate surface area is 234 Å². The van der Waals surface area contributed by atoms with Crippen molar-refractivity contribution in [2.24, 2.45) is 0 Å². The molecular weight excluding hydrogens is 581 g/mol. The molecule has 42 heavy (non-hydrogen) atoms. The molecule has 0 radical (unpaired) electrons. The number of nitrogens with one attached hydrogen (secondary N) is 2. The Morgan fingerprint density at radius 1 is 0.905 bits per heavy atom. The number of alkyl halides is 6. The van der Waals surface area contributed by atoms with Crippen LogP contribution in [0.1, 0.15) is 5.56 Å². The number of rotatable bonds is 7. The molecular formula is C26H25F7N4O5. The van der Waals surface area contributed by atoms with Crippen LogP contribution < -0.4 is 25.0 Å². The number of hydrogen-bond acceptors (Lipinski definition) is 8. The fourth-order valence-electron chi connectivity index (χ4n) is 3.71. The molecule has 0 spiro atoms. The highest BCUT2D eigenvalue weighted by Crippen LogP contribution is 2.39. The van der Waals surface area contributed by atoms with E-state index in [1.165, 1.54) is 26.4 Å². The van der Waals surface area contributed by atoms with Crippen LogP contribution in [0.4, 0.5) is 59.3 Å². The summed E-state index contributed by atoms with van der Waals surface area (Å²) in [4.78, 5) is 15.0. The highest BCUT2D eigenvalue weighted by atomic mass is 19.4. The first-order chi connectivity index (χ1) is 19.7. The van der Waals surface area contributed by atoms with E-state index >= 15 is 0 Å². The summed E-state index contributed by atoms with van der Waals surface area (Å²) < 4.78 is 102. The van der Waals surface area contributed by atoms with Gasteiger partial charge in [-0.3, -0.25) is 0 Å². The molecule has 1 aliphatic rings. The lowest BCUT2D eigenvalue weighted by Gasteiger charge is -2.29. The minimum absolute atomic E-state index is 0.0600. The van der Waals surface area contributed by atoms with Gasteiger partial charge < -0.3 is 34.9 Å². The predicted octanol–water partition coefficient (Wildman–Crippen LogP) is 6.21. The molecule has 3 N–H and O–H groups in total. The van der Waals surface area contributed by atoms with Gasteiger partial charge in [-0.05, 0) is 24.3 Å². The first kappa shape index (κ1) is 32.0. The number of halogens is 7. The van der Waals surface area contributed by atoms with E-state index in [2.05, 4.69) is 20.5 Å². The number of carboxylic acids is 1. The molecule has 0 unspecified atom stereocenters. The Morgan fingerprint density at radius 3 is 2.05 bits per heavy atom. The third kappa shape index (κ3) is 8.52. The maximum absolute atomic E-state index is 13.7. The fraction of sp³-hybridized carbons (Fsp3) is 0.308. The van der Waals surface area contributed by atoms with E-state index < -0.39 is 29.7 Å². The van der Waals surface area contributed by atoms with Gasteiger partial charge in [-0.25, -0.2) is 14.2 Å². The number of ether oxygens (including phenoxy) is 3. The molecule has 0 aliphatic carbocycles. The molecule has 9 nitrogen and oxygen atoms in total. The molecule has 0 saturated carbocycles. The Balaban J connectivity index is 0.000000616. The first-order valence-corrected chi connectivity index (χ1v) is 12.0. The molecule has 228 valence electrons. The van der Waals surface area contributed by atoms with Crippen molar-refractivity contribution in [1.82, 2.24) is 4.98 Å². The van der Waals surface area contributed by atoms with Gasteiger partial charge in [0.05, 0.1) is 50.1 Å². The summed E-state index contributed by atoms with van der Waals surface area (Å²) in [6, 6.07) is 10.2. The van der Waals surface area contributed by atoms with Gasteiger partial charge in [0, 0.05) is 43.2 Å². The molecule has 16 heteroatoms. The van der Waals surface area contributed by atoms with Crippen LogP contribution in [0.15, 0.2) is 48.7 Å². The summed E-state index contributed by atoms with van der Waals surface area (Å²) in [6.45, 7) is 2.76. The van der Waals surface area contributed by atoms with Gasteiger partial charge in [0.2, 0.25) is 0 Å². The third-order valence-corrected chi connectivity index (χ3v) is 5.71. The SMILES string of the molecule is COc1cc(N2CCOCC2)ccc1Nc1cc(Nc2ccc(F)cc2OC)c(C(F)(F)F)cn1.O=C(O)C(F)(F)F. The molecule has 1 aromatic heterocycles. The average Bonchev–Trinajstić information content (AvgIpc) is 2.94. The highest BCUT2D eigenvalue weighted by Gasteiger charge is 2.38. The van der Waals surface area contributed by atoms with Gasteiger partial charge in [-0.15, -0.1) is 0 Å². The largest absolute Gasteiger partial charge is 0.494 e. The van der Waals surface area contributed by atoms with E-state index in [9.17, 15) is 30.7 Å². The van der Waals surface area contributed by atoms with Crippen LogP contribution in [0, 0.1) is 5.82 Å². The Kier molecular flexibility index (Phi) is 10.3. The topological polar surface area (TPSA) is 105 Å². The molecule has 2 aromatic carbocycles. The van der Waals surface area contributed by atoms with Gasteiger partial charge in [-0.2, -0.15) is 26.3 Å². The van der Waals surface area contributed by atoms with Crippen molar-refractivity contribution in [3.8, 4) is 11.5 Å². The molecule has 1 saturated heterocycles. The number of carboxylic acid groups (broad SMARTS) is 1. The van der Waals surface area contributed by atoms with Crippen LogP contribution in [0.2, 0.25) is 0 Å². The van der Waals surface area contributed by atoms with Crippen LogP contribution in [-0.4, -0.2) is 62.8 Å². The minimum atomic E-state index is -5.08. The molecule has 0 atom stereocenters. The van der Waals surface area contributed by atoms with Crippen molar-refractivity contribution in [3.63, 3.8) is 0 Å². The van der Waals surface area contributed by atoms with E-state index in [-0.39, 0.29) is 22.9 Å². The Hall–Kier alpha value is -4.47. The summed E-state index contributed by atoms with van der Waals surface area (Å²) >= 11 is 0. The average molecular weight is 606 g/mol. The van der Waals surface area contributed by atoms with Crippen molar-refractivity contribution in [3.05, 3.63) is 60.0 Å². The lowest BCUT2D eigenvalue weighted by Crippen LogP contribution is -2.36. The molecule has 1 aliphatic heterocycles. The molecule has 0 amide bonds. The van der Waals surface area contributed by atoms with Gasteiger partial charge in [0.25, 0.3) is 0 Å². The van der Waals surface area contributed by atoms with Crippen LogP contribution >= 0.6 is 0 Å². The standard InChI is InChI=1S/C24H24F4N4O3.C2HF3O2/c1-33-21-11-15(25)3-5-18(21)30-20-13-23(29-14-17(20)24(26,27)28)31-19-6-4-16(12-22(19)34-2)32-7-9-35-10-8-32;3-2(4,5)1(6)7/h3-6,11-14H,7-10H2,1-2H3,(H2,29,30,31);(H,6,7). The normalized spacial score (nSPS) is 13.5. The molecule has 1 fully saturated rings. The smallest absolute Gasteiger partial charge is 0.490 e. The van der Waals surface area contributed by atoms with Gasteiger partial charge in [-0.1, -0.05) is 0 Å². The Morgan fingerprint density at radius 2 is 1.48 bits per heavy atom. The lowest BCUT2D eigenvalue weighted by atomic mass is 10.2. The Bertz CT molecular complexity index is 1380. The van der Waals surface area contributed by atoms with E-state index in [0.717, 1.165) is 37.1 Å². The first-order valence-electron chi connectivity index (χ1n) is 12.0. The van der Waals surface area contributed by atoms with Crippen molar-refractivity contribution in [2.45, 2.75) is 12.4 Å². The number of nitrogens with zero attached hydrogens (tertiary/aromatic N) is 2. The van der Waals surface area contributed by atoms with Crippen LogP contribution in [0.5, 0.6) is 11.5 Å². The minimum Gasteiger partial charge on any atom is -0.494 e. The predicted molar refractivity (Wildman–Crippen MR) is 138 cm³/mol. The van der Waals surface area contributed by atoms with Crippen LogP contribution in [0.25, 0.3) is 0 Å². The molecule has 0 bridgehead atoms. The number of methoxy groups -OCH3 is 2. The number of carbonyl (C=O) groups is 1. The summed E-state index contributed by atoms with van der Waals surface area (Å²) in [7, 11) is 2.81. The van der Waals surface area contributed by atoms with Gasteiger partial charge in [0.15, 0.2) is 0 Å². The number of hydrogen-bond donors (Lipinski definition) is 3. The molecule has 4 rings (SSSR count). The maximum Gasteiger partial charge on any atom is 0.490 e. The number of benzene rings is 2. The lowest BCUT2D eigenvalue weighted by molar-refractivity contribution is -0.192. The number of aromatic nitrogens is 1. The number of anilines is 5. The van der Waals surface area contributed by atoms with Gasteiger partial charge >= 0.3 is 18.3 Å². The third-order valence-electron chi connectivity index (χ3n) is 5.71. The van der Waals surface area contributed by atoms with Crippen molar-refractivity contribution >= 4 is 34.5 Å². The van der Waals surface area contributed by atoms with Crippen LogP contribution in [0.3, 0.4) is 0 Å². The monoisotopic (exact) mass is 606 g/mol. The van der Waals surface area contributed by atoms with Crippen molar-refractivity contribution in [2.75, 3.05) is 56.1 Å². The second-order valence-corrected chi connectivity index (χ2v) is 8.49. The van der Waals surface area contributed by atoms with Gasteiger partial charge in [0.1, 0.15) is 23.1 Å². The van der Waals surface area contributed by atoms with E-state index in [1.807, 2.05) is 12.1 Å². The highest BCUT2D eigenvalue weighted by molar-refractivity contribution is 5.75. The number of pyridine rings is 1. The second kappa shape index (κ2) is 13.5. The maximum atomic E-state index is 13.7. The zero-order valence-corrected chi connectivity index (χ0v) is 22.1. The quantitative estimate of drug-likeness (QED) is 0.271. The van der Waals surface area contributed by atoms with Crippen LogP contribution in [-0.2, 0) is 15.7 Å². The van der Waals surface area contributed by atoms with Crippen molar-refractivity contribution < 1.29 is 54.8 Å². The summed E-state index contributed by atoms with van der Waals surface area (Å²) in [5, 5.41) is 12.8. The van der Waals surface area contributed by atoms with E-state index in [4.69, 9.17) is 24.1 Å². The summed E-state index contributed by atoms with van der Waals surface area (Å²) in [5.74, 6) is -2.62. The van der Waals surface area contributed by atoms with Crippen molar-refractivity contribution in [1.29, 1.82) is 0 Å². The zero-order chi connectivity index (χ0) is 31.1. The summed E-state index contributed by atoms with van der Waals surface area (Å²) in [6.07, 6.45) is -9.02. The summed E-state index contributed by atoms with van der Waals surface area (Å²) in [5.41, 5.74) is 0.390. The zero-order valence-electron chi connectivity index (χ0n) is 22.1. The fourth-order valence-corrected chi connectivity index (χ4v) is 3.71. The van der Waals surface area contributed by atoms with E-state index in [0.29, 0.717) is 24.7 Å². The number of aliphatic carboxylic acids is 1. The number of morpholine rings is 1.